The van der Waals surface area contributed by atoms with E-state index in [-0.39, 0.29) is 13.2 Å². The molecule has 8 N–H and O–H groups in total. The van der Waals surface area contributed by atoms with Crippen molar-refractivity contribution < 1.29 is 45.3 Å². The molecule has 0 bridgehead atoms. The number of ether oxygens (including phenoxy) is 1. The molecule has 0 radical (unpaired) electrons. The summed E-state index contributed by atoms with van der Waals surface area (Å²) in [4.78, 5) is 10.4. The van der Waals surface area contributed by atoms with Crippen LogP contribution in [-0.2, 0) is 9.53 Å². The highest BCUT2D eigenvalue weighted by Gasteiger charge is 2.46. The second-order valence-electron chi connectivity index (χ2n) is 3.95. The molecule has 1 fully saturated rings. The fourth-order valence-electron chi connectivity index (χ4n) is 1.35. The van der Waals surface area contributed by atoms with Gasteiger partial charge in [0.2, 0.25) is 0 Å². The Morgan fingerprint density at radius 1 is 0.950 bits per heavy atom. The van der Waals surface area contributed by atoms with Gasteiger partial charge in [-0.1, -0.05) is 0 Å². The Labute approximate surface area is 114 Å². The van der Waals surface area contributed by atoms with Gasteiger partial charge in [0, 0.05) is 13.1 Å². The molecule has 1 heterocycles. The lowest BCUT2D eigenvalue weighted by Crippen LogP contribution is -2.59. The van der Waals surface area contributed by atoms with Gasteiger partial charge in [-0.05, 0) is 0 Å². The van der Waals surface area contributed by atoms with Crippen LogP contribution in [0.2, 0.25) is 0 Å². The molecule has 0 saturated carbocycles. The van der Waals surface area contributed by atoms with E-state index in [1.165, 1.54) is 0 Å². The molecule has 10 nitrogen and oxygen atoms in total. The molecule has 20 heavy (non-hydrogen) atoms. The first-order chi connectivity index (χ1) is 9.36. The van der Waals surface area contributed by atoms with Crippen molar-refractivity contribution in [2.45, 2.75) is 30.7 Å². The van der Waals surface area contributed by atoms with Crippen molar-refractivity contribution in [3.63, 3.8) is 0 Å². The average Bonchev–Trinajstić information content (AvgIpc) is 2.41. The molecule has 0 spiro atoms. The van der Waals surface area contributed by atoms with E-state index in [9.17, 15) is 4.79 Å². The standard InChI is InChI=1S/C6H10O7.C4H11NO2/c7-1-2(8)4(5(10)11)13-6(12)3(1)9;6-3-1-5-2-4-7/h1-4,6-9,12H,(H,10,11);5-7H,1-4H2/t1-,2-,3+,4-,6+;/m0./s1. The Hall–Kier alpha value is -0.850. The zero-order valence-corrected chi connectivity index (χ0v) is 10.7. The molecule has 10 heteroatoms. The smallest absolute Gasteiger partial charge is 0.335 e. The lowest BCUT2D eigenvalue weighted by Gasteiger charge is -2.36. The van der Waals surface area contributed by atoms with Crippen molar-refractivity contribution in [2.24, 2.45) is 0 Å². The molecule has 0 aromatic carbocycles. The summed E-state index contributed by atoms with van der Waals surface area (Å²) in [6, 6.07) is 0. The quantitative estimate of drug-likeness (QED) is 0.230. The van der Waals surface area contributed by atoms with Gasteiger partial charge in [-0.15, -0.1) is 0 Å². The van der Waals surface area contributed by atoms with E-state index in [0.29, 0.717) is 13.1 Å². The van der Waals surface area contributed by atoms with Gasteiger partial charge in [0.25, 0.3) is 0 Å². The van der Waals surface area contributed by atoms with Crippen LogP contribution < -0.4 is 5.32 Å². The lowest BCUT2D eigenvalue weighted by molar-refractivity contribution is -0.279. The minimum Gasteiger partial charge on any atom is -0.479 e. The number of aliphatic carboxylic acids is 1. The number of carboxylic acids is 1. The third-order valence-corrected chi connectivity index (χ3v) is 2.41. The van der Waals surface area contributed by atoms with E-state index in [4.69, 9.17) is 35.7 Å². The first kappa shape index (κ1) is 19.1. The van der Waals surface area contributed by atoms with Crippen LogP contribution in [0, 0.1) is 0 Å². The van der Waals surface area contributed by atoms with Crippen molar-refractivity contribution in [1.82, 2.24) is 5.32 Å². The fourth-order valence-corrected chi connectivity index (χ4v) is 1.35. The molecule has 1 rings (SSSR count). The molecule has 1 aliphatic rings. The Morgan fingerprint density at radius 3 is 1.85 bits per heavy atom. The summed E-state index contributed by atoms with van der Waals surface area (Å²) in [6.07, 6.45) is -8.72. The van der Waals surface area contributed by atoms with Gasteiger partial charge >= 0.3 is 5.97 Å². The third-order valence-electron chi connectivity index (χ3n) is 2.41. The highest BCUT2D eigenvalue weighted by molar-refractivity contribution is 5.73. The van der Waals surface area contributed by atoms with Crippen molar-refractivity contribution in [3.05, 3.63) is 0 Å². The Balaban J connectivity index is 0.000000441. The summed E-state index contributed by atoms with van der Waals surface area (Å²) < 4.78 is 4.34. The minimum atomic E-state index is -1.81. The summed E-state index contributed by atoms with van der Waals surface area (Å²) in [5.41, 5.74) is 0. The third kappa shape index (κ3) is 6.07. The second-order valence-corrected chi connectivity index (χ2v) is 3.95. The Bertz CT molecular complexity index is 273. The maximum Gasteiger partial charge on any atom is 0.335 e. The molecular formula is C10H21NO9. The monoisotopic (exact) mass is 299 g/mol. The zero-order chi connectivity index (χ0) is 15.7. The summed E-state index contributed by atoms with van der Waals surface area (Å²) in [5, 5.41) is 63.4. The Morgan fingerprint density at radius 2 is 1.45 bits per heavy atom. The highest BCUT2D eigenvalue weighted by atomic mass is 16.6. The van der Waals surface area contributed by atoms with Crippen LogP contribution in [0.4, 0.5) is 0 Å². The maximum absolute atomic E-state index is 10.4. The van der Waals surface area contributed by atoms with E-state index < -0.39 is 36.7 Å². The maximum atomic E-state index is 10.4. The van der Waals surface area contributed by atoms with Crippen molar-refractivity contribution in [2.75, 3.05) is 26.3 Å². The predicted octanol–water partition coefficient (Wildman–Crippen LogP) is -4.57. The van der Waals surface area contributed by atoms with Gasteiger partial charge in [-0.2, -0.15) is 0 Å². The second kappa shape index (κ2) is 9.96. The number of carbonyl (C=O) groups is 1. The van der Waals surface area contributed by atoms with Gasteiger partial charge in [0.1, 0.15) is 18.3 Å². The van der Waals surface area contributed by atoms with Crippen LogP contribution in [-0.4, -0.2) is 98.7 Å². The number of hydrogen-bond acceptors (Lipinski definition) is 9. The normalized spacial score (nSPS) is 33.2. The van der Waals surface area contributed by atoms with E-state index >= 15 is 0 Å². The lowest BCUT2D eigenvalue weighted by atomic mass is 9.99. The van der Waals surface area contributed by atoms with E-state index in [1.54, 1.807) is 0 Å². The molecule has 0 amide bonds. The summed E-state index contributed by atoms with van der Waals surface area (Å²) >= 11 is 0. The number of rotatable bonds is 5. The topological polar surface area (TPSA) is 180 Å². The largest absolute Gasteiger partial charge is 0.479 e. The van der Waals surface area contributed by atoms with Gasteiger partial charge in [0.15, 0.2) is 12.4 Å². The molecule has 0 aromatic rings. The van der Waals surface area contributed by atoms with E-state index in [2.05, 4.69) is 10.1 Å². The molecule has 1 aliphatic heterocycles. The molecule has 1 saturated heterocycles. The molecule has 0 aliphatic carbocycles. The molecule has 5 atom stereocenters. The average molecular weight is 299 g/mol. The van der Waals surface area contributed by atoms with Gasteiger partial charge in [-0.3, -0.25) is 0 Å². The minimum absolute atomic E-state index is 0.139. The van der Waals surface area contributed by atoms with Crippen LogP contribution in [0.25, 0.3) is 0 Å². The van der Waals surface area contributed by atoms with Crippen LogP contribution in [0.15, 0.2) is 0 Å². The zero-order valence-electron chi connectivity index (χ0n) is 10.7. The SMILES string of the molecule is O=C(O)[C@H]1O[C@@H](O)[C@H](O)[C@@H](O)[C@@H]1O.OCCNCCO. The molecule has 120 valence electrons. The van der Waals surface area contributed by atoms with Crippen molar-refractivity contribution in [1.29, 1.82) is 0 Å². The van der Waals surface area contributed by atoms with E-state index in [1.807, 2.05) is 0 Å². The van der Waals surface area contributed by atoms with Crippen LogP contribution in [0.1, 0.15) is 0 Å². The highest BCUT2D eigenvalue weighted by Crippen LogP contribution is 2.19. The van der Waals surface area contributed by atoms with Gasteiger partial charge < -0.3 is 45.8 Å². The van der Waals surface area contributed by atoms with E-state index in [0.717, 1.165) is 0 Å². The molecule has 0 aromatic heterocycles. The fraction of sp³-hybridized carbons (Fsp3) is 0.900. The van der Waals surface area contributed by atoms with Crippen molar-refractivity contribution >= 4 is 5.97 Å². The number of nitrogens with one attached hydrogen (secondary N) is 1. The van der Waals surface area contributed by atoms with Crippen LogP contribution >= 0.6 is 0 Å². The van der Waals surface area contributed by atoms with Crippen molar-refractivity contribution in [3.8, 4) is 0 Å². The van der Waals surface area contributed by atoms with Crippen LogP contribution in [0.5, 0.6) is 0 Å². The summed E-state index contributed by atoms with van der Waals surface area (Å²) in [5.74, 6) is -1.52. The number of carboxylic acid groups (broad SMARTS) is 1. The molecule has 0 unspecified atom stereocenters. The van der Waals surface area contributed by atoms with Gasteiger partial charge in [0.05, 0.1) is 13.2 Å². The number of hydrogen-bond donors (Lipinski definition) is 8. The Kier molecular flexibility index (Phi) is 9.54. The predicted molar refractivity (Wildman–Crippen MR) is 63.6 cm³/mol. The molecular weight excluding hydrogens is 278 g/mol. The first-order valence-electron chi connectivity index (χ1n) is 5.89. The first-order valence-corrected chi connectivity index (χ1v) is 5.89. The van der Waals surface area contributed by atoms with Crippen LogP contribution in [0.3, 0.4) is 0 Å². The number of aliphatic hydroxyl groups excluding tert-OH is 6. The number of aliphatic hydroxyl groups is 6. The van der Waals surface area contributed by atoms with Gasteiger partial charge in [-0.25, -0.2) is 4.79 Å². The summed E-state index contributed by atoms with van der Waals surface area (Å²) in [6.45, 7) is 1.42. The summed E-state index contributed by atoms with van der Waals surface area (Å²) in [7, 11) is 0.